The van der Waals surface area contributed by atoms with E-state index < -0.39 is 15.6 Å². The fourth-order valence-electron chi connectivity index (χ4n) is 3.68. The van der Waals surface area contributed by atoms with Gasteiger partial charge in [-0.25, -0.2) is 8.42 Å². The van der Waals surface area contributed by atoms with Crippen LogP contribution < -0.4 is 19.1 Å². The van der Waals surface area contributed by atoms with Gasteiger partial charge in [-0.1, -0.05) is 18.2 Å². The van der Waals surface area contributed by atoms with Gasteiger partial charge in [0.15, 0.2) is 0 Å². The van der Waals surface area contributed by atoms with Gasteiger partial charge >= 0.3 is 0 Å². The van der Waals surface area contributed by atoms with E-state index in [4.69, 9.17) is 9.47 Å². The Bertz CT molecular complexity index is 1050. The topological polar surface area (TPSA) is 84.9 Å². The van der Waals surface area contributed by atoms with Crippen LogP contribution in [0.2, 0.25) is 0 Å². The third-order valence-corrected chi connectivity index (χ3v) is 6.21. The molecule has 0 spiro atoms. The number of nitrogens with one attached hydrogen (secondary N) is 1. The minimum Gasteiger partial charge on any atom is -0.497 e. The lowest BCUT2D eigenvalue weighted by atomic mass is 9.89. The van der Waals surface area contributed by atoms with E-state index in [9.17, 15) is 13.2 Å². The van der Waals surface area contributed by atoms with Crippen molar-refractivity contribution in [3.8, 4) is 11.5 Å². The number of hydrogen-bond acceptors (Lipinski definition) is 5. The molecule has 0 bridgehead atoms. The molecule has 0 fully saturated rings. The average molecular weight is 433 g/mol. The highest BCUT2D eigenvalue weighted by atomic mass is 32.2. The molecule has 1 heterocycles. The molecule has 30 heavy (non-hydrogen) atoms. The molecule has 0 aromatic heterocycles. The molecule has 3 rings (SSSR count). The van der Waals surface area contributed by atoms with Gasteiger partial charge in [0, 0.05) is 18.1 Å². The van der Waals surface area contributed by atoms with Crippen LogP contribution in [0.25, 0.3) is 0 Å². The number of methoxy groups -OCH3 is 1. The number of para-hydroxylation sites is 1. The zero-order chi connectivity index (χ0) is 22.1. The Kier molecular flexibility index (Phi) is 5.99. The number of sulfonamides is 1. The van der Waals surface area contributed by atoms with Crippen LogP contribution in [0.1, 0.15) is 37.4 Å². The summed E-state index contributed by atoms with van der Waals surface area (Å²) >= 11 is 0. The van der Waals surface area contributed by atoms with Gasteiger partial charge in [-0.3, -0.25) is 9.10 Å². The number of aryl methyl sites for hydroxylation is 1. The van der Waals surface area contributed by atoms with Gasteiger partial charge < -0.3 is 14.8 Å². The largest absolute Gasteiger partial charge is 0.497 e. The molecule has 2 aromatic rings. The van der Waals surface area contributed by atoms with Crippen LogP contribution in [0.3, 0.4) is 0 Å². The summed E-state index contributed by atoms with van der Waals surface area (Å²) in [7, 11) is -2.05. The van der Waals surface area contributed by atoms with Crippen molar-refractivity contribution in [3.63, 3.8) is 0 Å². The number of rotatable bonds is 6. The van der Waals surface area contributed by atoms with E-state index in [-0.39, 0.29) is 18.5 Å². The monoisotopic (exact) mass is 432 g/mol. The molecule has 7 nitrogen and oxygen atoms in total. The molecule has 1 amide bonds. The lowest BCUT2D eigenvalue weighted by Gasteiger charge is -2.38. The van der Waals surface area contributed by atoms with Crippen molar-refractivity contribution in [2.24, 2.45) is 0 Å². The smallest absolute Gasteiger partial charge is 0.241 e. The van der Waals surface area contributed by atoms with Crippen LogP contribution in [0.4, 0.5) is 5.69 Å². The van der Waals surface area contributed by atoms with E-state index in [1.807, 2.05) is 45.0 Å². The van der Waals surface area contributed by atoms with E-state index in [1.165, 1.54) is 0 Å². The number of benzene rings is 2. The van der Waals surface area contributed by atoms with Crippen molar-refractivity contribution >= 4 is 21.6 Å². The molecule has 2 aromatic carbocycles. The minimum absolute atomic E-state index is 0.299. The first kappa shape index (κ1) is 22.0. The molecule has 0 saturated heterocycles. The summed E-state index contributed by atoms with van der Waals surface area (Å²) in [5, 5.41) is 2.99. The number of fused-ring (bicyclic) bond motifs is 1. The van der Waals surface area contributed by atoms with Crippen LogP contribution in [-0.2, 0) is 14.8 Å². The fourth-order valence-corrected chi connectivity index (χ4v) is 4.60. The Morgan fingerprint density at radius 2 is 1.97 bits per heavy atom. The zero-order valence-electron chi connectivity index (χ0n) is 17.9. The normalized spacial score (nSPS) is 17.4. The maximum atomic E-state index is 12.9. The maximum absolute atomic E-state index is 12.9. The number of nitrogens with zero attached hydrogens (tertiary/aromatic N) is 1. The number of hydrogen-bond donors (Lipinski definition) is 1. The summed E-state index contributed by atoms with van der Waals surface area (Å²) in [5.41, 5.74) is 1.61. The van der Waals surface area contributed by atoms with Gasteiger partial charge in [0.2, 0.25) is 15.9 Å². The van der Waals surface area contributed by atoms with Gasteiger partial charge in [-0.2, -0.15) is 0 Å². The summed E-state index contributed by atoms with van der Waals surface area (Å²) in [6.07, 6.45) is 1.66. The standard InChI is InChI=1S/C22H28N2O5S/c1-15-8-6-7-9-19(15)24(30(5,26)27)14-21(25)23-18-13-22(2,3)29-20-12-16(28-4)10-11-17(18)20/h6-12,18H,13-14H2,1-5H3,(H,23,25)/t18-/m1/s1. The lowest BCUT2D eigenvalue weighted by molar-refractivity contribution is -0.120. The number of anilines is 1. The Morgan fingerprint density at radius 3 is 2.60 bits per heavy atom. The zero-order valence-corrected chi connectivity index (χ0v) is 18.7. The quantitative estimate of drug-likeness (QED) is 0.758. The maximum Gasteiger partial charge on any atom is 0.241 e. The number of carbonyl (C=O) groups excluding carboxylic acids is 1. The van der Waals surface area contributed by atoms with E-state index in [0.717, 1.165) is 21.7 Å². The number of amides is 1. The molecule has 1 aliphatic heterocycles. The number of carbonyl (C=O) groups is 1. The van der Waals surface area contributed by atoms with E-state index in [1.54, 1.807) is 25.3 Å². The molecule has 0 aliphatic carbocycles. The second-order valence-corrected chi connectivity index (χ2v) is 10.1. The summed E-state index contributed by atoms with van der Waals surface area (Å²) in [5.74, 6) is 0.933. The van der Waals surface area contributed by atoms with E-state index in [2.05, 4.69) is 5.32 Å². The number of ether oxygens (including phenoxy) is 2. The van der Waals surface area contributed by atoms with Crippen LogP contribution in [0.5, 0.6) is 11.5 Å². The Morgan fingerprint density at radius 1 is 1.27 bits per heavy atom. The first-order chi connectivity index (χ1) is 14.0. The van der Waals surface area contributed by atoms with Gasteiger partial charge in [0.25, 0.3) is 0 Å². The van der Waals surface area contributed by atoms with Crippen molar-refractivity contribution in [2.45, 2.75) is 38.8 Å². The summed E-state index contributed by atoms with van der Waals surface area (Å²) < 4.78 is 37.3. The van der Waals surface area contributed by atoms with E-state index >= 15 is 0 Å². The molecule has 8 heteroatoms. The summed E-state index contributed by atoms with van der Waals surface area (Å²) in [6.45, 7) is 5.42. The van der Waals surface area contributed by atoms with Gasteiger partial charge in [-0.05, 0) is 44.5 Å². The fraction of sp³-hybridized carbons (Fsp3) is 0.409. The van der Waals surface area contributed by atoms with Crippen molar-refractivity contribution in [2.75, 3.05) is 24.2 Å². The van der Waals surface area contributed by atoms with Crippen LogP contribution >= 0.6 is 0 Å². The lowest BCUT2D eigenvalue weighted by Crippen LogP contribution is -2.45. The summed E-state index contributed by atoms with van der Waals surface area (Å²) in [4.78, 5) is 12.9. The average Bonchev–Trinajstić information content (AvgIpc) is 2.64. The molecule has 1 atom stereocenters. The third kappa shape index (κ3) is 4.87. The van der Waals surface area contributed by atoms with Crippen molar-refractivity contribution in [1.29, 1.82) is 0 Å². The highest BCUT2D eigenvalue weighted by Gasteiger charge is 2.35. The minimum atomic E-state index is -3.64. The molecular weight excluding hydrogens is 404 g/mol. The molecule has 1 aliphatic rings. The SMILES string of the molecule is COc1ccc2c(c1)OC(C)(C)C[C@H]2NC(=O)CN(c1ccccc1C)S(C)(=O)=O. The molecule has 0 radical (unpaired) electrons. The Balaban J connectivity index is 1.85. The highest BCUT2D eigenvalue weighted by molar-refractivity contribution is 7.92. The van der Waals surface area contributed by atoms with Gasteiger partial charge in [-0.15, -0.1) is 0 Å². The molecule has 1 N–H and O–H groups in total. The van der Waals surface area contributed by atoms with Gasteiger partial charge in [0.1, 0.15) is 23.6 Å². The summed E-state index contributed by atoms with van der Waals surface area (Å²) in [6, 6.07) is 12.3. The predicted molar refractivity (Wildman–Crippen MR) is 117 cm³/mol. The Hall–Kier alpha value is -2.74. The second-order valence-electron chi connectivity index (χ2n) is 8.15. The Labute approximate surface area is 178 Å². The second kappa shape index (κ2) is 8.18. The molecule has 0 saturated carbocycles. The molecular formula is C22H28N2O5S. The molecule has 0 unspecified atom stereocenters. The van der Waals surface area contributed by atoms with Crippen LogP contribution in [0, 0.1) is 6.92 Å². The van der Waals surface area contributed by atoms with Crippen molar-refractivity contribution < 1.29 is 22.7 Å². The first-order valence-corrected chi connectivity index (χ1v) is 11.5. The van der Waals surface area contributed by atoms with Crippen molar-refractivity contribution in [1.82, 2.24) is 5.32 Å². The third-order valence-electron chi connectivity index (χ3n) is 5.09. The van der Waals surface area contributed by atoms with Crippen LogP contribution in [-0.4, -0.2) is 39.8 Å². The highest BCUT2D eigenvalue weighted by Crippen LogP contribution is 2.41. The first-order valence-electron chi connectivity index (χ1n) is 9.70. The molecule has 162 valence electrons. The van der Waals surface area contributed by atoms with Gasteiger partial charge in [0.05, 0.1) is 25.1 Å². The predicted octanol–water partition coefficient (Wildman–Crippen LogP) is 3.19. The van der Waals surface area contributed by atoms with E-state index in [0.29, 0.717) is 23.6 Å². The van der Waals surface area contributed by atoms with Crippen molar-refractivity contribution in [3.05, 3.63) is 53.6 Å². The van der Waals surface area contributed by atoms with Crippen LogP contribution in [0.15, 0.2) is 42.5 Å².